The number of aromatic nitrogens is 1. The Morgan fingerprint density at radius 3 is 2.95 bits per heavy atom. The molecule has 0 saturated heterocycles. The third kappa shape index (κ3) is 1.85. The number of hydrogen-bond acceptors (Lipinski definition) is 1. The third-order valence-corrected chi connectivity index (χ3v) is 4.56. The lowest BCUT2D eigenvalue weighted by Gasteiger charge is -2.10. The lowest BCUT2D eigenvalue weighted by Crippen LogP contribution is -2.04. The van der Waals surface area contributed by atoms with Gasteiger partial charge in [-0.3, -0.25) is 0 Å². The van der Waals surface area contributed by atoms with Crippen LogP contribution in [-0.2, 0) is 6.42 Å². The molecule has 1 atom stereocenters. The van der Waals surface area contributed by atoms with Crippen molar-refractivity contribution in [3.63, 3.8) is 0 Å². The van der Waals surface area contributed by atoms with Gasteiger partial charge in [0, 0.05) is 27.3 Å². The molecule has 1 aromatic heterocycles. The Balaban J connectivity index is 1.75. The number of anilines is 1. The van der Waals surface area contributed by atoms with E-state index in [1.807, 2.05) is 0 Å². The van der Waals surface area contributed by atoms with Crippen molar-refractivity contribution in [1.82, 2.24) is 4.98 Å². The summed E-state index contributed by atoms with van der Waals surface area (Å²) in [5, 5.41) is 4.95. The number of aryl methyl sites for hydroxylation is 1. The maximum Gasteiger partial charge on any atom is 0.0576 e. The van der Waals surface area contributed by atoms with E-state index in [0.29, 0.717) is 6.04 Å². The molecule has 0 saturated carbocycles. The average molecular weight is 327 g/mol. The minimum atomic E-state index is 0.357. The Morgan fingerprint density at radius 1 is 1.15 bits per heavy atom. The summed E-state index contributed by atoms with van der Waals surface area (Å²) < 4.78 is 1.12. The van der Waals surface area contributed by atoms with E-state index in [1.165, 1.54) is 33.3 Å². The second-order valence-corrected chi connectivity index (χ2v) is 6.41. The van der Waals surface area contributed by atoms with E-state index in [2.05, 4.69) is 75.7 Å². The predicted molar refractivity (Wildman–Crippen MR) is 87.2 cm³/mol. The number of benzene rings is 2. The van der Waals surface area contributed by atoms with Crippen LogP contribution in [0, 0.1) is 6.92 Å². The number of H-pyrrole nitrogens is 1. The summed E-state index contributed by atoms with van der Waals surface area (Å²) >= 11 is 3.54. The van der Waals surface area contributed by atoms with Crippen LogP contribution in [0.15, 0.2) is 47.1 Å². The van der Waals surface area contributed by atoms with Crippen LogP contribution in [0.1, 0.15) is 22.7 Å². The van der Waals surface area contributed by atoms with Crippen molar-refractivity contribution >= 4 is 32.5 Å². The summed E-state index contributed by atoms with van der Waals surface area (Å²) in [6.07, 6.45) is 3.19. The topological polar surface area (TPSA) is 27.8 Å². The molecule has 2 heterocycles. The summed E-state index contributed by atoms with van der Waals surface area (Å²) in [6.45, 7) is 2.13. The highest BCUT2D eigenvalue weighted by Crippen LogP contribution is 2.38. The lowest BCUT2D eigenvalue weighted by atomic mass is 10.0. The van der Waals surface area contributed by atoms with Gasteiger partial charge in [-0.15, -0.1) is 0 Å². The van der Waals surface area contributed by atoms with Crippen molar-refractivity contribution in [1.29, 1.82) is 0 Å². The highest BCUT2D eigenvalue weighted by molar-refractivity contribution is 9.10. The molecule has 4 rings (SSSR count). The van der Waals surface area contributed by atoms with E-state index >= 15 is 0 Å². The van der Waals surface area contributed by atoms with Gasteiger partial charge in [0.25, 0.3) is 0 Å². The smallest absolute Gasteiger partial charge is 0.0576 e. The van der Waals surface area contributed by atoms with Gasteiger partial charge in [0.15, 0.2) is 0 Å². The SMILES string of the molecule is Cc1ccc2c(C3Cc4ccc(Br)cc4N3)c[nH]c2c1. The van der Waals surface area contributed by atoms with Gasteiger partial charge in [0.05, 0.1) is 6.04 Å². The lowest BCUT2D eigenvalue weighted by molar-refractivity contribution is 0.832. The summed E-state index contributed by atoms with van der Waals surface area (Å²) in [6, 6.07) is 13.4. The van der Waals surface area contributed by atoms with Gasteiger partial charge in [-0.05, 0) is 48.2 Å². The number of aromatic amines is 1. The van der Waals surface area contributed by atoms with E-state index in [-0.39, 0.29) is 0 Å². The molecule has 0 radical (unpaired) electrons. The first-order valence-electron chi connectivity index (χ1n) is 6.83. The molecule has 0 spiro atoms. The van der Waals surface area contributed by atoms with E-state index < -0.39 is 0 Å². The van der Waals surface area contributed by atoms with Crippen LogP contribution in [0.4, 0.5) is 5.69 Å². The van der Waals surface area contributed by atoms with Gasteiger partial charge in [-0.25, -0.2) is 0 Å². The third-order valence-electron chi connectivity index (χ3n) is 4.07. The molecule has 3 heteroatoms. The number of hydrogen-bond donors (Lipinski definition) is 2. The fourth-order valence-electron chi connectivity index (χ4n) is 3.06. The largest absolute Gasteiger partial charge is 0.378 e. The zero-order valence-corrected chi connectivity index (χ0v) is 12.8. The Hall–Kier alpha value is -1.74. The van der Waals surface area contributed by atoms with Gasteiger partial charge >= 0.3 is 0 Å². The van der Waals surface area contributed by atoms with Crippen LogP contribution in [0.3, 0.4) is 0 Å². The molecular formula is C17H15BrN2. The van der Waals surface area contributed by atoms with Crippen LogP contribution in [-0.4, -0.2) is 4.98 Å². The van der Waals surface area contributed by atoms with Crippen molar-refractivity contribution < 1.29 is 0 Å². The molecule has 1 aliphatic rings. The molecule has 0 bridgehead atoms. The number of fused-ring (bicyclic) bond motifs is 2. The molecule has 0 fully saturated rings. The zero-order chi connectivity index (χ0) is 13.7. The van der Waals surface area contributed by atoms with E-state index in [1.54, 1.807) is 0 Å². The van der Waals surface area contributed by atoms with Gasteiger partial charge in [0.1, 0.15) is 0 Å². The molecule has 1 aliphatic heterocycles. The van der Waals surface area contributed by atoms with Gasteiger partial charge < -0.3 is 10.3 Å². The Kier molecular flexibility index (Phi) is 2.64. The second kappa shape index (κ2) is 4.38. The molecule has 100 valence electrons. The maximum absolute atomic E-state index is 3.63. The molecule has 0 aliphatic carbocycles. The monoisotopic (exact) mass is 326 g/mol. The first-order valence-corrected chi connectivity index (χ1v) is 7.62. The second-order valence-electron chi connectivity index (χ2n) is 5.50. The Labute approximate surface area is 126 Å². The Morgan fingerprint density at radius 2 is 2.05 bits per heavy atom. The molecule has 2 N–H and O–H groups in total. The van der Waals surface area contributed by atoms with Gasteiger partial charge in [-0.1, -0.05) is 34.1 Å². The van der Waals surface area contributed by atoms with E-state index in [9.17, 15) is 0 Å². The van der Waals surface area contributed by atoms with Crippen LogP contribution in [0.25, 0.3) is 10.9 Å². The first-order chi connectivity index (χ1) is 9.70. The van der Waals surface area contributed by atoms with Crippen molar-refractivity contribution in [2.75, 3.05) is 5.32 Å². The van der Waals surface area contributed by atoms with Gasteiger partial charge in [-0.2, -0.15) is 0 Å². The molecular weight excluding hydrogens is 312 g/mol. The zero-order valence-electron chi connectivity index (χ0n) is 11.2. The minimum absolute atomic E-state index is 0.357. The van der Waals surface area contributed by atoms with Crippen molar-refractivity contribution in [2.45, 2.75) is 19.4 Å². The average Bonchev–Trinajstić information content (AvgIpc) is 3.00. The Bertz CT molecular complexity index is 804. The van der Waals surface area contributed by atoms with Crippen LogP contribution < -0.4 is 5.32 Å². The van der Waals surface area contributed by atoms with Crippen molar-refractivity contribution in [2.24, 2.45) is 0 Å². The van der Waals surface area contributed by atoms with E-state index in [4.69, 9.17) is 0 Å². The predicted octanol–water partition coefficient (Wildman–Crippen LogP) is 4.95. The maximum atomic E-state index is 3.63. The summed E-state index contributed by atoms with van der Waals surface area (Å²) in [5.74, 6) is 0. The quantitative estimate of drug-likeness (QED) is 0.650. The number of rotatable bonds is 1. The van der Waals surface area contributed by atoms with Crippen LogP contribution >= 0.6 is 15.9 Å². The van der Waals surface area contributed by atoms with Crippen LogP contribution in [0.2, 0.25) is 0 Å². The van der Waals surface area contributed by atoms with Crippen molar-refractivity contribution in [3.8, 4) is 0 Å². The molecule has 3 aromatic rings. The molecule has 1 unspecified atom stereocenters. The summed E-state index contributed by atoms with van der Waals surface area (Å²) in [4.78, 5) is 3.39. The first kappa shape index (κ1) is 12.0. The molecule has 2 aromatic carbocycles. The fourth-order valence-corrected chi connectivity index (χ4v) is 3.42. The number of nitrogens with one attached hydrogen (secondary N) is 2. The van der Waals surface area contributed by atoms with Crippen molar-refractivity contribution in [3.05, 3.63) is 63.8 Å². The fraction of sp³-hybridized carbons (Fsp3) is 0.176. The summed E-state index contributed by atoms with van der Waals surface area (Å²) in [7, 11) is 0. The van der Waals surface area contributed by atoms with Crippen LogP contribution in [0.5, 0.6) is 0 Å². The van der Waals surface area contributed by atoms with E-state index in [0.717, 1.165) is 10.9 Å². The molecule has 2 nitrogen and oxygen atoms in total. The highest BCUT2D eigenvalue weighted by atomic mass is 79.9. The van der Waals surface area contributed by atoms with Gasteiger partial charge in [0.2, 0.25) is 0 Å². The summed E-state index contributed by atoms with van der Waals surface area (Å²) in [5.41, 5.74) is 6.49. The standard InChI is InChI=1S/C17H15BrN2/c1-10-2-5-13-14(9-19-16(13)6-10)17-7-11-3-4-12(18)8-15(11)20-17/h2-6,8-9,17,19-20H,7H2,1H3. The molecule has 0 amide bonds. The minimum Gasteiger partial charge on any atom is -0.378 e. The highest BCUT2D eigenvalue weighted by Gasteiger charge is 2.24. The molecule has 20 heavy (non-hydrogen) atoms. The number of halogens is 1. The normalized spacial score (nSPS) is 17.2.